The summed E-state index contributed by atoms with van der Waals surface area (Å²) in [4.78, 5) is 25.2. The summed E-state index contributed by atoms with van der Waals surface area (Å²) in [7, 11) is -3.22. The lowest BCUT2D eigenvalue weighted by Crippen LogP contribution is -2.31. The van der Waals surface area contributed by atoms with Crippen LogP contribution in [-0.2, 0) is 16.3 Å². The Labute approximate surface area is 201 Å². The first-order valence-corrected chi connectivity index (χ1v) is 13.1. The van der Waals surface area contributed by atoms with Crippen molar-refractivity contribution in [2.24, 2.45) is 11.1 Å². The van der Waals surface area contributed by atoms with E-state index in [0.717, 1.165) is 0 Å². The maximum atomic E-state index is 15.3. The Bertz CT molecular complexity index is 1530. The number of carbonyl (C=O) groups is 2. The van der Waals surface area contributed by atoms with Gasteiger partial charge >= 0.3 is 0 Å². The van der Waals surface area contributed by atoms with Gasteiger partial charge < -0.3 is 11.1 Å². The predicted octanol–water partition coefficient (Wildman–Crippen LogP) is 3.90. The minimum Gasteiger partial charge on any atom is -0.381 e. The molecule has 0 saturated carbocycles. The number of anilines is 1. The van der Waals surface area contributed by atoms with Crippen molar-refractivity contribution < 1.29 is 26.8 Å². The molecule has 3 aromatic rings. The SMILES string of the molecule is CC1(C)CC(=O)n2c(c(-c3cc(F)c(C(N)=O)c(N[C@@H]4CCS(=O)(=O)C4)c3)c3ccc(F)cc32)C1. The Morgan fingerprint density at radius 3 is 2.57 bits per heavy atom. The van der Waals surface area contributed by atoms with Crippen LogP contribution in [0.4, 0.5) is 14.5 Å². The third kappa shape index (κ3) is 4.09. The summed E-state index contributed by atoms with van der Waals surface area (Å²) in [5.41, 5.74) is 6.80. The van der Waals surface area contributed by atoms with Crippen molar-refractivity contribution in [3.63, 3.8) is 0 Å². The second-order valence-electron chi connectivity index (χ2n) is 10.2. The van der Waals surface area contributed by atoms with E-state index in [9.17, 15) is 22.4 Å². The molecule has 1 amide bonds. The molecule has 0 spiro atoms. The highest BCUT2D eigenvalue weighted by Crippen LogP contribution is 2.44. The number of sulfone groups is 1. The minimum absolute atomic E-state index is 0.000854. The number of fused-ring (bicyclic) bond motifs is 3. The number of primary amides is 1. The Balaban J connectivity index is 1.74. The average Bonchev–Trinajstić information content (AvgIpc) is 3.21. The monoisotopic (exact) mass is 501 g/mol. The molecule has 1 saturated heterocycles. The molecule has 2 aliphatic rings. The van der Waals surface area contributed by atoms with Crippen LogP contribution < -0.4 is 11.1 Å². The molecule has 3 N–H and O–H groups in total. The number of hydrogen-bond acceptors (Lipinski definition) is 5. The van der Waals surface area contributed by atoms with Crippen LogP contribution in [0.5, 0.6) is 0 Å². The number of aromatic nitrogens is 1. The highest BCUT2D eigenvalue weighted by molar-refractivity contribution is 7.91. The van der Waals surface area contributed by atoms with Gasteiger partial charge in [0.2, 0.25) is 5.91 Å². The molecule has 1 fully saturated rings. The number of rotatable bonds is 4. The first kappa shape index (κ1) is 23.5. The molecule has 0 aliphatic carbocycles. The van der Waals surface area contributed by atoms with E-state index in [-0.39, 0.29) is 40.5 Å². The molecule has 1 aromatic heterocycles. The predicted molar refractivity (Wildman–Crippen MR) is 129 cm³/mol. The molecule has 0 unspecified atom stereocenters. The van der Waals surface area contributed by atoms with E-state index in [2.05, 4.69) is 5.32 Å². The summed E-state index contributed by atoms with van der Waals surface area (Å²) < 4.78 is 54.8. The highest BCUT2D eigenvalue weighted by Gasteiger charge is 2.36. The molecule has 2 aromatic carbocycles. The normalized spacial score (nSPS) is 20.7. The van der Waals surface area contributed by atoms with Crippen LogP contribution in [0.1, 0.15) is 47.5 Å². The fourth-order valence-electron chi connectivity index (χ4n) is 5.34. The minimum atomic E-state index is -3.22. The van der Waals surface area contributed by atoms with Crippen molar-refractivity contribution in [3.8, 4) is 11.1 Å². The van der Waals surface area contributed by atoms with Gasteiger partial charge in [-0.1, -0.05) is 13.8 Å². The van der Waals surface area contributed by atoms with Crippen molar-refractivity contribution in [3.05, 3.63) is 53.2 Å². The number of nitrogens with one attached hydrogen (secondary N) is 1. The fourth-order valence-corrected chi connectivity index (χ4v) is 7.01. The van der Waals surface area contributed by atoms with Gasteiger partial charge in [-0.3, -0.25) is 14.2 Å². The van der Waals surface area contributed by atoms with E-state index in [1.165, 1.54) is 22.8 Å². The molecule has 0 bridgehead atoms. The molecule has 35 heavy (non-hydrogen) atoms. The smallest absolute Gasteiger partial charge is 0.253 e. The zero-order valence-corrected chi connectivity index (χ0v) is 20.1. The van der Waals surface area contributed by atoms with Gasteiger partial charge in [-0.25, -0.2) is 17.2 Å². The van der Waals surface area contributed by atoms with Crippen LogP contribution in [0, 0.1) is 17.0 Å². The fraction of sp³-hybridized carbons (Fsp3) is 0.360. The topological polar surface area (TPSA) is 111 Å². The zero-order chi connectivity index (χ0) is 25.3. The summed E-state index contributed by atoms with van der Waals surface area (Å²) in [6.07, 6.45) is 1.09. The first-order valence-electron chi connectivity index (χ1n) is 11.3. The molecular weight excluding hydrogens is 476 g/mol. The van der Waals surface area contributed by atoms with Gasteiger partial charge in [-0.05, 0) is 54.2 Å². The Kier molecular flexibility index (Phi) is 5.28. The van der Waals surface area contributed by atoms with Crippen LogP contribution in [0.2, 0.25) is 0 Å². The third-order valence-electron chi connectivity index (χ3n) is 6.77. The first-order chi connectivity index (χ1) is 16.3. The van der Waals surface area contributed by atoms with Crippen molar-refractivity contribution in [1.82, 2.24) is 4.57 Å². The standard InChI is InChI=1S/C25H25F2N3O4S/c1-25(2)10-20-22(16-4-3-14(26)9-19(16)30(20)21(31)11-25)13-7-17(27)23(24(28)32)18(8-13)29-15-5-6-35(33,34)12-15/h3-4,7-9,15,29H,5-6,10-12H2,1-2H3,(H2,28,32)/t15-/m1/s1. The third-order valence-corrected chi connectivity index (χ3v) is 8.54. The number of hydrogen-bond donors (Lipinski definition) is 2. The number of nitrogens with zero attached hydrogens (tertiary/aromatic N) is 1. The molecule has 2 aliphatic heterocycles. The van der Waals surface area contributed by atoms with E-state index >= 15 is 4.39 Å². The number of halogens is 2. The second kappa shape index (κ2) is 7.87. The summed E-state index contributed by atoms with van der Waals surface area (Å²) >= 11 is 0. The summed E-state index contributed by atoms with van der Waals surface area (Å²) in [5, 5.41) is 3.58. The van der Waals surface area contributed by atoms with Gasteiger partial charge in [0.15, 0.2) is 9.84 Å². The van der Waals surface area contributed by atoms with Crippen molar-refractivity contribution in [2.75, 3.05) is 16.8 Å². The molecule has 0 radical (unpaired) electrons. The van der Waals surface area contributed by atoms with E-state index < -0.39 is 33.4 Å². The number of nitrogens with two attached hydrogens (primary N) is 1. The maximum Gasteiger partial charge on any atom is 0.253 e. The lowest BCUT2D eigenvalue weighted by atomic mass is 9.80. The van der Waals surface area contributed by atoms with Gasteiger partial charge in [0.1, 0.15) is 11.6 Å². The summed E-state index contributed by atoms with van der Waals surface area (Å²) in [6, 6.07) is 6.37. The highest BCUT2D eigenvalue weighted by atomic mass is 32.2. The molecule has 184 valence electrons. The molecular formula is C25H25F2N3O4S. The Morgan fingerprint density at radius 2 is 1.91 bits per heavy atom. The van der Waals surface area contributed by atoms with Gasteiger partial charge in [0.25, 0.3) is 5.91 Å². The summed E-state index contributed by atoms with van der Waals surface area (Å²) in [6.45, 7) is 3.92. The van der Waals surface area contributed by atoms with Crippen molar-refractivity contribution >= 4 is 38.2 Å². The van der Waals surface area contributed by atoms with Crippen molar-refractivity contribution in [1.29, 1.82) is 0 Å². The molecule has 1 atom stereocenters. The number of benzene rings is 2. The Hall–Kier alpha value is -3.27. The van der Waals surface area contributed by atoms with E-state index in [4.69, 9.17) is 5.73 Å². The van der Waals surface area contributed by atoms with E-state index in [1.54, 1.807) is 12.1 Å². The van der Waals surface area contributed by atoms with E-state index in [1.807, 2.05) is 13.8 Å². The lowest BCUT2D eigenvalue weighted by molar-refractivity contribution is 0.0816. The van der Waals surface area contributed by atoms with Crippen LogP contribution in [0.15, 0.2) is 30.3 Å². The Morgan fingerprint density at radius 1 is 1.17 bits per heavy atom. The van der Waals surface area contributed by atoms with Crippen LogP contribution in [0.3, 0.4) is 0 Å². The molecule has 3 heterocycles. The van der Waals surface area contributed by atoms with Crippen LogP contribution >= 0.6 is 0 Å². The lowest BCUT2D eigenvalue weighted by Gasteiger charge is -2.30. The number of amides is 1. The van der Waals surface area contributed by atoms with Crippen molar-refractivity contribution in [2.45, 2.75) is 39.2 Å². The molecule has 10 heteroatoms. The average molecular weight is 502 g/mol. The van der Waals surface area contributed by atoms with E-state index in [0.29, 0.717) is 40.6 Å². The largest absolute Gasteiger partial charge is 0.381 e. The van der Waals surface area contributed by atoms with Gasteiger partial charge in [-0.2, -0.15) is 0 Å². The van der Waals surface area contributed by atoms with Gasteiger partial charge in [0.05, 0.1) is 28.3 Å². The molecule has 5 rings (SSSR count). The summed E-state index contributed by atoms with van der Waals surface area (Å²) in [5.74, 6) is -2.67. The van der Waals surface area contributed by atoms with Gasteiger partial charge in [-0.15, -0.1) is 0 Å². The van der Waals surface area contributed by atoms with Crippen LogP contribution in [0.25, 0.3) is 22.0 Å². The maximum absolute atomic E-state index is 15.3. The zero-order valence-electron chi connectivity index (χ0n) is 19.3. The number of carbonyl (C=O) groups excluding carboxylic acids is 2. The molecule has 7 nitrogen and oxygen atoms in total. The van der Waals surface area contributed by atoms with Gasteiger partial charge in [0, 0.05) is 29.1 Å². The second-order valence-corrected chi connectivity index (χ2v) is 12.4. The van der Waals surface area contributed by atoms with Crippen LogP contribution in [-0.4, -0.2) is 42.3 Å². The quantitative estimate of drug-likeness (QED) is 0.563.